The van der Waals surface area contributed by atoms with Gasteiger partial charge in [0.1, 0.15) is 6.10 Å². The second kappa shape index (κ2) is 6.26. The lowest BCUT2D eigenvalue weighted by atomic mass is 9.87. The Morgan fingerprint density at radius 3 is 3.00 bits per heavy atom. The van der Waals surface area contributed by atoms with Gasteiger partial charge in [-0.15, -0.1) is 0 Å². The minimum atomic E-state index is -0.768. The zero-order chi connectivity index (χ0) is 15.5. The molecule has 7 nitrogen and oxygen atoms in total. The lowest BCUT2D eigenvalue weighted by Crippen LogP contribution is -2.23. The van der Waals surface area contributed by atoms with Gasteiger partial charge in [0.05, 0.1) is 30.3 Å². The van der Waals surface area contributed by atoms with Gasteiger partial charge in [-0.2, -0.15) is 0 Å². The monoisotopic (exact) mass is 294 g/mol. The van der Waals surface area contributed by atoms with Crippen LogP contribution in [0.2, 0.25) is 0 Å². The molecule has 7 heteroatoms. The zero-order valence-corrected chi connectivity index (χ0v) is 12.4. The molecular weight excluding hydrogens is 272 g/mol. The van der Waals surface area contributed by atoms with Crippen molar-refractivity contribution in [2.24, 2.45) is 10.4 Å². The van der Waals surface area contributed by atoms with Crippen LogP contribution in [-0.2, 0) is 11.3 Å². The molecule has 0 fully saturated rings. The lowest BCUT2D eigenvalue weighted by molar-refractivity contribution is -0.147. The molecule has 0 saturated carbocycles. The number of aryl methyl sites for hydroxylation is 1. The summed E-state index contributed by atoms with van der Waals surface area (Å²) in [5.74, 6) is -0.134. The van der Waals surface area contributed by atoms with Crippen molar-refractivity contribution in [2.75, 3.05) is 11.9 Å². The van der Waals surface area contributed by atoms with Crippen molar-refractivity contribution in [3.8, 4) is 0 Å². The van der Waals surface area contributed by atoms with Crippen LogP contribution in [0.4, 0.5) is 5.82 Å². The highest BCUT2D eigenvalue weighted by Gasteiger charge is 2.26. The Morgan fingerprint density at radius 1 is 1.52 bits per heavy atom. The Labute approximate surface area is 123 Å². The van der Waals surface area contributed by atoms with Crippen LogP contribution in [0.15, 0.2) is 11.3 Å². The van der Waals surface area contributed by atoms with Crippen LogP contribution in [0, 0.1) is 5.41 Å². The second-order valence-electron chi connectivity index (χ2n) is 5.97. The van der Waals surface area contributed by atoms with Crippen molar-refractivity contribution in [2.45, 2.75) is 45.8 Å². The normalized spacial score (nSPS) is 18.0. The number of aromatic nitrogens is 2. The minimum Gasteiger partial charge on any atom is -0.481 e. The summed E-state index contributed by atoms with van der Waals surface area (Å²) in [6, 6.07) is 0. The molecule has 0 spiro atoms. The molecule has 0 aromatic carbocycles. The number of carboxylic acid groups (broad SMARTS) is 1. The van der Waals surface area contributed by atoms with E-state index in [1.54, 1.807) is 26.5 Å². The highest BCUT2D eigenvalue weighted by Crippen LogP contribution is 2.26. The summed E-state index contributed by atoms with van der Waals surface area (Å²) in [4.78, 5) is 19.3. The van der Waals surface area contributed by atoms with Gasteiger partial charge >= 0.3 is 5.97 Å². The van der Waals surface area contributed by atoms with Crippen molar-refractivity contribution in [3.05, 3.63) is 12.0 Å². The van der Waals surface area contributed by atoms with E-state index >= 15 is 0 Å². The summed E-state index contributed by atoms with van der Waals surface area (Å²) in [7, 11) is 0. The topological polar surface area (TPSA) is 99.7 Å². The maximum absolute atomic E-state index is 11.0. The number of fused-ring (bicyclic) bond motifs is 1. The number of aliphatic hydroxyl groups excluding tert-OH is 1. The third-order valence-corrected chi connectivity index (χ3v) is 3.79. The fraction of sp³-hybridized carbons (Fsp3) is 0.643. The summed E-state index contributed by atoms with van der Waals surface area (Å²) in [5.41, 5.74) is 0.0470. The molecule has 3 N–H and O–H groups in total. The summed E-state index contributed by atoms with van der Waals surface area (Å²) in [6.45, 7) is 4.50. The molecule has 0 saturated heterocycles. The fourth-order valence-electron chi connectivity index (χ4n) is 2.33. The molecule has 21 heavy (non-hydrogen) atoms. The number of unbranched alkanes of at least 4 members (excludes halogenated alkanes) is 1. The smallest absolute Gasteiger partial charge is 0.309 e. The molecule has 0 aliphatic carbocycles. The number of carboxylic acids is 1. The van der Waals surface area contributed by atoms with Crippen LogP contribution < -0.4 is 5.32 Å². The predicted octanol–water partition coefficient (Wildman–Crippen LogP) is 1.65. The molecule has 1 aliphatic rings. The van der Waals surface area contributed by atoms with Crippen molar-refractivity contribution >= 4 is 18.1 Å². The number of nitrogens with one attached hydrogen (secondary N) is 1. The van der Waals surface area contributed by atoms with Crippen LogP contribution in [0.5, 0.6) is 0 Å². The van der Waals surface area contributed by atoms with Crippen molar-refractivity contribution < 1.29 is 15.0 Å². The van der Waals surface area contributed by atoms with Gasteiger partial charge in [-0.05, 0) is 26.7 Å². The van der Waals surface area contributed by atoms with Gasteiger partial charge < -0.3 is 20.1 Å². The number of anilines is 1. The molecule has 0 bridgehead atoms. The van der Waals surface area contributed by atoms with Crippen LogP contribution in [-0.4, -0.2) is 38.6 Å². The van der Waals surface area contributed by atoms with Gasteiger partial charge in [0, 0.05) is 6.54 Å². The van der Waals surface area contributed by atoms with E-state index in [1.807, 2.05) is 4.57 Å². The maximum atomic E-state index is 11.0. The molecule has 0 amide bonds. The largest absolute Gasteiger partial charge is 0.481 e. The van der Waals surface area contributed by atoms with Gasteiger partial charge in [-0.3, -0.25) is 9.79 Å². The quantitative estimate of drug-likeness (QED) is 0.693. The minimum absolute atomic E-state index is 0.317. The van der Waals surface area contributed by atoms with Gasteiger partial charge in [-0.1, -0.05) is 6.42 Å². The molecular formula is C14H22N4O3. The molecule has 1 aromatic heterocycles. The van der Waals surface area contributed by atoms with Crippen molar-refractivity contribution in [3.63, 3.8) is 0 Å². The summed E-state index contributed by atoms with van der Waals surface area (Å²) in [6.07, 6.45) is 4.86. The van der Waals surface area contributed by atoms with Gasteiger partial charge in [0.15, 0.2) is 5.82 Å². The summed E-state index contributed by atoms with van der Waals surface area (Å²) >= 11 is 0. The Bertz CT molecular complexity index is 536. The highest BCUT2D eigenvalue weighted by atomic mass is 16.4. The number of hydrogen-bond donors (Lipinski definition) is 3. The van der Waals surface area contributed by atoms with E-state index in [4.69, 9.17) is 5.11 Å². The van der Waals surface area contributed by atoms with E-state index in [-0.39, 0.29) is 0 Å². The van der Waals surface area contributed by atoms with E-state index < -0.39 is 17.5 Å². The summed E-state index contributed by atoms with van der Waals surface area (Å²) in [5, 5.41) is 22.1. The molecule has 1 aromatic rings. The SMILES string of the molecule is CC(C)(CCCCn1cnc2c1C(O)CN=CN2)C(=O)O. The van der Waals surface area contributed by atoms with Crippen molar-refractivity contribution in [1.29, 1.82) is 0 Å². The van der Waals surface area contributed by atoms with Crippen LogP contribution in [0.1, 0.15) is 44.9 Å². The van der Waals surface area contributed by atoms with E-state index in [1.165, 1.54) is 0 Å². The van der Waals surface area contributed by atoms with Crippen LogP contribution in [0.3, 0.4) is 0 Å². The number of aliphatic carboxylic acids is 1. The van der Waals surface area contributed by atoms with E-state index in [0.29, 0.717) is 25.3 Å². The van der Waals surface area contributed by atoms with E-state index in [2.05, 4.69) is 15.3 Å². The number of imidazole rings is 1. The fourth-order valence-corrected chi connectivity index (χ4v) is 2.33. The Hall–Kier alpha value is -1.89. The number of aliphatic hydroxyl groups is 1. The van der Waals surface area contributed by atoms with Crippen LogP contribution in [0.25, 0.3) is 0 Å². The number of aliphatic imine (C=N–C) groups is 1. The zero-order valence-electron chi connectivity index (χ0n) is 12.4. The van der Waals surface area contributed by atoms with Crippen molar-refractivity contribution in [1.82, 2.24) is 9.55 Å². The molecule has 0 radical (unpaired) electrons. The molecule has 1 unspecified atom stereocenters. The molecule has 1 atom stereocenters. The first-order valence-electron chi connectivity index (χ1n) is 7.13. The third kappa shape index (κ3) is 3.60. The summed E-state index contributed by atoms with van der Waals surface area (Å²) < 4.78 is 1.91. The predicted molar refractivity (Wildman–Crippen MR) is 79.4 cm³/mol. The number of hydrogen-bond acceptors (Lipinski definition) is 5. The first-order valence-corrected chi connectivity index (χ1v) is 7.13. The lowest BCUT2D eigenvalue weighted by Gasteiger charge is -2.19. The molecule has 1 aliphatic heterocycles. The number of carbonyl (C=O) groups is 1. The third-order valence-electron chi connectivity index (χ3n) is 3.79. The Kier molecular flexibility index (Phi) is 4.62. The molecule has 116 valence electrons. The van der Waals surface area contributed by atoms with Gasteiger partial charge in [0.25, 0.3) is 0 Å². The standard InChI is InChI=1S/C14H22N4O3/c1-14(2,13(20)21)5-3-4-6-18-9-17-12-11(18)10(19)7-15-8-16-12/h8-10,19H,3-7H2,1-2H3,(H,15,16)(H,20,21). The van der Waals surface area contributed by atoms with Gasteiger partial charge in [0.2, 0.25) is 0 Å². The first-order chi connectivity index (χ1) is 9.92. The average molecular weight is 294 g/mol. The average Bonchev–Trinajstić information content (AvgIpc) is 2.73. The molecule has 2 rings (SSSR count). The van der Waals surface area contributed by atoms with E-state index in [0.717, 1.165) is 18.5 Å². The number of rotatable bonds is 6. The first kappa shape index (κ1) is 15.5. The van der Waals surface area contributed by atoms with Crippen LogP contribution >= 0.6 is 0 Å². The second-order valence-corrected chi connectivity index (χ2v) is 5.97. The maximum Gasteiger partial charge on any atom is 0.309 e. The Morgan fingerprint density at radius 2 is 2.29 bits per heavy atom. The highest BCUT2D eigenvalue weighted by molar-refractivity contribution is 5.76. The van der Waals surface area contributed by atoms with E-state index in [9.17, 15) is 9.90 Å². The number of nitrogens with zero attached hydrogens (tertiary/aromatic N) is 3. The molecule has 2 heterocycles. The van der Waals surface area contributed by atoms with Gasteiger partial charge in [-0.25, -0.2) is 4.98 Å². The Balaban J connectivity index is 1.91.